The van der Waals surface area contributed by atoms with Crippen molar-refractivity contribution < 1.29 is 24.5 Å². The Balaban J connectivity index is 1.77. The van der Waals surface area contributed by atoms with Gasteiger partial charge in [0.1, 0.15) is 0 Å². The quantitative estimate of drug-likeness (QED) is 0.331. The van der Waals surface area contributed by atoms with Crippen LogP contribution in [0.25, 0.3) is 0 Å². The summed E-state index contributed by atoms with van der Waals surface area (Å²) in [5.41, 5.74) is 0.564. The van der Waals surface area contributed by atoms with Crippen molar-refractivity contribution in [2.24, 2.45) is 40.9 Å². The van der Waals surface area contributed by atoms with E-state index in [-0.39, 0.29) is 11.8 Å². The molecule has 196 valence electrons. The molecule has 0 heterocycles. The van der Waals surface area contributed by atoms with Gasteiger partial charge in [-0.2, -0.15) is 0 Å². The van der Waals surface area contributed by atoms with Gasteiger partial charge >= 0.3 is 11.9 Å². The highest BCUT2D eigenvalue weighted by molar-refractivity contribution is 5.71. The Kier molecular flexibility index (Phi) is 10.2. The Morgan fingerprint density at radius 3 is 1.66 bits per heavy atom. The van der Waals surface area contributed by atoms with Gasteiger partial charge in [-0.15, -0.1) is 0 Å². The Labute approximate surface area is 211 Å². The van der Waals surface area contributed by atoms with E-state index < -0.39 is 29.2 Å². The summed E-state index contributed by atoms with van der Waals surface area (Å²) < 4.78 is 6.17. The summed E-state index contributed by atoms with van der Waals surface area (Å²) in [4.78, 5) is 24.9. The first-order chi connectivity index (χ1) is 16.7. The molecule has 0 spiro atoms. The molecule has 5 nitrogen and oxygen atoms in total. The maximum atomic E-state index is 12.5. The lowest BCUT2D eigenvalue weighted by atomic mass is 9.65. The third-order valence-electron chi connectivity index (χ3n) is 8.88. The molecule has 0 bridgehead atoms. The number of rotatable bonds is 12. The summed E-state index contributed by atoms with van der Waals surface area (Å²) in [5, 5.41) is 20.4. The first-order valence-corrected chi connectivity index (χ1v) is 13.7. The minimum atomic E-state index is -0.739. The zero-order valence-electron chi connectivity index (χ0n) is 22.0. The maximum Gasteiger partial charge on any atom is 0.306 e. The Morgan fingerprint density at radius 1 is 0.829 bits per heavy atom. The smallest absolute Gasteiger partial charge is 0.306 e. The van der Waals surface area contributed by atoms with Crippen LogP contribution in [-0.4, -0.2) is 28.8 Å². The van der Waals surface area contributed by atoms with Gasteiger partial charge in [-0.05, 0) is 73.2 Å². The fourth-order valence-electron chi connectivity index (χ4n) is 6.54. The average Bonchev–Trinajstić information content (AvgIpc) is 2.83. The van der Waals surface area contributed by atoms with Crippen molar-refractivity contribution in [3.8, 4) is 0 Å². The van der Waals surface area contributed by atoms with E-state index in [1.807, 2.05) is 30.3 Å². The van der Waals surface area contributed by atoms with Crippen molar-refractivity contribution in [3.63, 3.8) is 0 Å². The second-order valence-electron chi connectivity index (χ2n) is 12.1. The predicted molar refractivity (Wildman–Crippen MR) is 138 cm³/mol. The van der Waals surface area contributed by atoms with E-state index in [9.17, 15) is 19.8 Å². The number of carboxylic acids is 2. The Bertz CT molecular complexity index is 748. The molecule has 2 aliphatic carbocycles. The van der Waals surface area contributed by atoms with E-state index in [1.54, 1.807) is 0 Å². The van der Waals surface area contributed by atoms with Crippen LogP contribution in [0.2, 0.25) is 0 Å². The van der Waals surface area contributed by atoms with Gasteiger partial charge in [0.05, 0.1) is 25.0 Å². The van der Waals surface area contributed by atoms with Gasteiger partial charge in [-0.1, -0.05) is 76.8 Å². The zero-order valence-corrected chi connectivity index (χ0v) is 22.0. The summed E-state index contributed by atoms with van der Waals surface area (Å²) in [6.45, 7) is 7.39. The van der Waals surface area contributed by atoms with Gasteiger partial charge in [0.25, 0.3) is 0 Å². The minimum absolute atomic E-state index is 0.163. The number of ether oxygens (including phenoxy) is 1. The van der Waals surface area contributed by atoms with Gasteiger partial charge in [0, 0.05) is 0 Å². The molecule has 2 unspecified atom stereocenters. The van der Waals surface area contributed by atoms with Gasteiger partial charge in [-0.3, -0.25) is 9.59 Å². The normalized spacial score (nSPS) is 28.5. The fourth-order valence-corrected chi connectivity index (χ4v) is 6.54. The van der Waals surface area contributed by atoms with Crippen LogP contribution in [0.3, 0.4) is 0 Å². The van der Waals surface area contributed by atoms with Crippen LogP contribution in [0.5, 0.6) is 0 Å². The SMILES string of the molecule is CC1CCC(C(CC(C)(COCc2ccccc2)CC(C(=O)O)C2CCC(C)CC2)C(=O)O)CC1. The molecule has 1 aromatic rings. The summed E-state index contributed by atoms with van der Waals surface area (Å²) in [6.07, 6.45) is 9.04. The van der Waals surface area contributed by atoms with Crippen molar-refractivity contribution in [3.05, 3.63) is 35.9 Å². The second kappa shape index (κ2) is 12.9. The highest BCUT2D eigenvalue weighted by Crippen LogP contribution is 2.45. The molecule has 3 rings (SSSR count). The Hall–Kier alpha value is -1.88. The second-order valence-corrected chi connectivity index (χ2v) is 12.1. The fraction of sp³-hybridized carbons (Fsp3) is 0.733. The summed E-state index contributed by atoms with van der Waals surface area (Å²) in [5.74, 6) is -0.735. The molecule has 2 aliphatic rings. The highest BCUT2D eigenvalue weighted by Gasteiger charge is 2.42. The molecule has 35 heavy (non-hydrogen) atoms. The first kappa shape index (κ1) is 27.7. The number of carboxylic acid groups (broad SMARTS) is 2. The van der Waals surface area contributed by atoms with Gasteiger partial charge in [0.2, 0.25) is 0 Å². The Morgan fingerprint density at radius 2 is 1.26 bits per heavy atom. The summed E-state index contributed by atoms with van der Waals surface area (Å²) >= 11 is 0. The van der Waals surface area contributed by atoms with Gasteiger partial charge in [0.15, 0.2) is 0 Å². The van der Waals surface area contributed by atoms with E-state index in [0.29, 0.717) is 37.9 Å². The molecule has 0 radical (unpaired) electrons. The topological polar surface area (TPSA) is 83.8 Å². The lowest BCUT2D eigenvalue weighted by Gasteiger charge is -2.40. The van der Waals surface area contributed by atoms with Gasteiger partial charge < -0.3 is 14.9 Å². The molecule has 0 aromatic heterocycles. The van der Waals surface area contributed by atoms with Crippen LogP contribution in [0.1, 0.15) is 90.5 Å². The first-order valence-electron chi connectivity index (χ1n) is 13.7. The monoisotopic (exact) mass is 486 g/mol. The van der Waals surface area contributed by atoms with Crippen molar-refractivity contribution in [2.45, 2.75) is 91.6 Å². The zero-order chi connectivity index (χ0) is 25.4. The molecular weight excluding hydrogens is 440 g/mol. The minimum Gasteiger partial charge on any atom is -0.481 e. The van der Waals surface area contributed by atoms with Crippen molar-refractivity contribution in [1.29, 1.82) is 0 Å². The molecule has 5 heteroatoms. The number of aliphatic carboxylic acids is 2. The van der Waals surface area contributed by atoms with E-state index in [4.69, 9.17) is 4.74 Å². The molecule has 2 saturated carbocycles. The number of carbonyl (C=O) groups is 2. The molecule has 0 aliphatic heterocycles. The molecule has 2 N–H and O–H groups in total. The summed E-state index contributed by atoms with van der Waals surface area (Å²) in [6, 6.07) is 9.96. The van der Waals surface area contributed by atoms with E-state index in [2.05, 4.69) is 20.8 Å². The van der Waals surface area contributed by atoms with E-state index in [0.717, 1.165) is 56.9 Å². The maximum absolute atomic E-state index is 12.5. The van der Waals surface area contributed by atoms with Crippen LogP contribution in [0.15, 0.2) is 30.3 Å². The van der Waals surface area contributed by atoms with E-state index >= 15 is 0 Å². The predicted octanol–water partition coefficient (Wildman–Crippen LogP) is 7.04. The summed E-state index contributed by atoms with van der Waals surface area (Å²) in [7, 11) is 0. The average molecular weight is 487 g/mol. The molecule has 2 atom stereocenters. The number of benzene rings is 1. The molecule has 0 amide bonds. The lowest BCUT2D eigenvalue weighted by Crippen LogP contribution is -2.39. The largest absolute Gasteiger partial charge is 0.481 e. The molecular formula is C30H46O5. The van der Waals surface area contributed by atoms with Crippen LogP contribution in [0, 0.1) is 40.9 Å². The lowest BCUT2D eigenvalue weighted by molar-refractivity contribution is -0.148. The van der Waals surface area contributed by atoms with Crippen LogP contribution < -0.4 is 0 Å². The van der Waals surface area contributed by atoms with Gasteiger partial charge in [-0.25, -0.2) is 0 Å². The molecule has 1 aromatic carbocycles. The van der Waals surface area contributed by atoms with Crippen LogP contribution in [-0.2, 0) is 20.9 Å². The third-order valence-corrected chi connectivity index (χ3v) is 8.88. The van der Waals surface area contributed by atoms with Crippen LogP contribution >= 0.6 is 0 Å². The van der Waals surface area contributed by atoms with Crippen LogP contribution in [0.4, 0.5) is 0 Å². The third kappa shape index (κ3) is 8.34. The number of hydrogen-bond acceptors (Lipinski definition) is 3. The van der Waals surface area contributed by atoms with Crippen molar-refractivity contribution in [1.82, 2.24) is 0 Å². The standard InChI is InChI=1S/C30H46O5/c1-21-9-13-24(14-10-21)26(28(31)32)17-30(3,20-35-19-23-7-5-4-6-8-23)18-27(29(33)34)25-15-11-22(2)12-16-25/h4-8,21-22,24-27H,9-20H2,1-3H3,(H,31,32)(H,33,34). The van der Waals surface area contributed by atoms with E-state index in [1.165, 1.54) is 0 Å². The van der Waals surface area contributed by atoms with Crippen molar-refractivity contribution in [2.75, 3.05) is 6.61 Å². The number of hydrogen-bond donors (Lipinski definition) is 2. The molecule has 2 fully saturated rings. The molecule has 0 saturated heterocycles. The van der Waals surface area contributed by atoms with Crippen molar-refractivity contribution >= 4 is 11.9 Å². The highest BCUT2D eigenvalue weighted by atomic mass is 16.5.